The minimum Gasteiger partial charge on any atom is -0.324 e. The highest BCUT2D eigenvalue weighted by atomic mass is 127. The Morgan fingerprint density at radius 1 is 1.54 bits per heavy atom. The highest BCUT2D eigenvalue weighted by molar-refractivity contribution is 14.1. The van der Waals surface area contributed by atoms with Crippen LogP contribution in [0.5, 0.6) is 0 Å². The summed E-state index contributed by atoms with van der Waals surface area (Å²) in [6.45, 7) is 1.74. The van der Waals surface area contributed by atoms with E-state index in [0.717, 1.165) is 9.26 Å². The third kappa shape index (κ3) is 3.19. The molecule has 0 fully saturated rings. The molecule has 70 valence electrons. The van der Waals surface area contributed by atoms with Crippen molar-refractivity contribution in [3.63, 3.8) is 0 Å². The molecule has 0 aromatic heterocycles. The molecule has 0 radical (unpaired) electrons. The molecule has 0 saturated heterocycles. The van der Waals surface area contributed by atoms with Gasteiger partial charge in [0.2, 0.25) is 5.91 Å². The Balaban J connectivity index is 2.75. The highest BCUT2D eigenvalue weighted by Gasteiger charge is 2.08. The fourth-order valence-electron chi connectivity index (χ4n) is 0.800. The Hall–Kier alpha value is -0.230. The molecule has 0 saturated carbocycles. The lowest BCUT2D eigenvalue weighted by Crippen LogP contribution is -2.20. The van der Waals surface area contributed by atoms with Gasteiger partial charge in [-0.05, 0) is 41.6 Å². The Morgan fingerprint density at radius 3 is 2.69 bits per heavy atom. The second kappa shape index (κ2) is 4.85. The van der Waals surface area contributed by atoms with Crippen LogP contribution in [0, 0.1) is 3.57 Å². The second-order valence-electron chi connectivity index (χ2n) is 2.65. The SMILES string of the molecule is CC(S)C(=O)Nc1ccccc1I. The summed E-state index contributed by atoms with van der Waals surface area (Å²) in [5.74, 6) is -0.0764. The zero-order chi connectivity index (χ0) is 9.84. The van der Waals surface area contributed by atoms with Crippen LogP contribution in [0.1, 0.15) is 6.92 Å². The average Bonchev–Trinajstić information content (AvgIpc) is 2.08. The Morgan fingerprint density at radius 2 is 2.15 bits per heavy atom. The Bertz CT molecular complexity index is 314. The van der Waals surface area contributed by atoms with Gasteiger partial charge in [-0.3, -0.25) is 4.79 Å². The molecule has 1 N–H and O–H groups in total. The van der Waals surface area contributed by atoms with Crippen molar-refractivity contribution >= 4 is 46.8 Å². The number of rotatable bonds is 2. The summed E-state index contributed by atoms with van der Waals surface area (Å²) in [6.07, 6.45) is 0. The molecule has 0 spiro atoms. The van der Waals surface area contributed by atoms with E-state index in [0.29, 0.717) is 0 Å². The van der Waals surface area contributed by atoms with E-state index in [2.05, 4.69) is 40.5 Å². The second-order valence-corrected chi connectivity index (χ2v) is 4.58. The van der Waals surface area contributed by atoms with Gasteiger partial charge in [0.05, 0.1) is 10.9 Å². The number of hydrogen-bond donors (Lipinski definition) is 2. The summed E-state index contributed by atoms with van der Waals surface area (Å²) in [5.41, 5.74) is 0.842. The fourth-order valence-corrected chi connectivity index (χ4v) is 1.39. The van der Waals surface area contributed by atoms with Gasteiger partial charge in [0.25, 0.3) is 0 Å². The molecule has 0 bridgehead atoms. The molecular formula is C9H10INOS. The van der Waals surface area contributed by atoms with Gasteiger partial charge >= 0.3 is 0 Å². The number of anilines is 1. The molecule has 1 unspecified atom stereocenters. The first-order valence-corrected chi connectivity index (χ1v) is 5.44. The number of carbonyl (C=O) groups excluding carboxylic acids is 1. The quantitative estimate of drug-likeness (QED) is 0.638. The minimum absolute atomic E-state index is 0.0764. The van der Waals surface area contributed by atoms with Crippen molar-refractivity contribution < 1.29 is 4.79 Å². The van der Waals surface area contributed by atoms with Crippen molar-refractivity contribution in [3.05, 3.63) is 27.8 Å². The van der Waals surface area contributed by atoms with Crippen molar-refractivity contribution in [3.8, 4) is 0 Å². The van der Waals surface area contributed by atoms with Crippen LogP contribution in [0.25, 0.3) is 0 Å². The zero-order valence-corrected chi connectivity index (χ0v) is 10.2. The van der Waals surface area contributed by atoms with Crippen molar-refractivity contribution in [2.45, 2.75) is 12.2 Å². The maximum atomic E-state index is 11.3. The van der Waals surface area contributed by atoms with Gasteiger partial charge in [-0.25, -0.2) is 0 Å². The molecule has 1 aromatic rings. The van der Waals surface area contributed by atoms with Crippen LogP contribution in [-0.4, -0.2) is 11.2 Å². The largest absolute Gasteiger partial charge is 0.324 e. The summed E-state index contributed by atoms with van der Waals surface area (Å²) in [5, 5.41) is 2.51. The summed E-state index contributed by atoms with van der Waals surface area (Å²) < 4.78 is 1.03. The first-order valence-electron chi connectivity index (χ1n) is 3.84. The molecule has 13 heavy (non-hydrogen) atoms. The van der Waals surface area contributed by atoms with E-state index in [1.165, 1.54) is 0 Å². The third-order valence-corrected chi connectivity index (χ3v) is 2.69. The molecule has 1 aromatic carbocycles. The number of para-hydroxylation sites is 1. The van der Waals surface area contributed by atoms with E-state index in [4.69, 9.17) is 0 Å². The number of benzene rings is 1. The third-order valence-electron chi connectivity index (χ3n) is 1.51. The molecule has 0 heterocycles. The topological polar surface area (TPSA) is 29.1 Å². The van der Waals surface area contributed by atoms with Crippen molar-refractivity contribution in [2.75, 3.05) is 5.32 Å². The molecule has 1 amide bonds. The first kappa shape index (κ1) is 10.8. The van der Waals surface area contributed by atoms with E-state index in [1.54, 1.807) is 6.92 Å². The van der Waals surface area contributed by atoms with Crippen LogP contribution in [0.4, 0.5) is 5.69 Å². The number of halogens is 1. The van der Waals surface area contributed by atoms with Crippen molar-refractivity contribution in [2.24, 2.45) is 0 Å². The van der Waals surface area contributed by atoms with Crippen LogP contribution in [0.3, 0.4) is 0 Å². The maximum Gasteiger partial charge on any atom is 0.236 e. The van der Waals surface area contributed by atoms with Crippen LogP contribution in [0.15, 0.2) is 24.3 Å². The molecule has 0 aliphatic carbocycles. The lowest BCUT2D eigenvalue weighted by molar-refractivity contribution is -0.115. The smallest absolute Gasteiger partial charge is 0.236 e. The van der Waals surface area contributed by atoms with Gasteiger partial charge in [-0.1, -0.05) is 12.1 Å². The summed E-state index contributed by atoms with van der Waals surface area (Å²) in [7, 11) is 0. The van der Waals surface area contributed by atoms with Gasteiger partial charge < -0.3 is 5.32 Å². The Kier molecular flexibility index (Phi) is 4.05. The van der Waals surface area contributed by atoms with Crippen LogP contribution in [-0.2, 0) is 4.79 Å². The molecule has 2 nitrogen and oxygen atoms in total. The zero-order valence-electron chi connectivity index (χ0n) is 7.12. The molecule has 1 rings (SSSR count). The molecule has 0 aliphatic heterocycles. The predicted octanol–water partition coefficient (Wildman–Crippen LogP) is 2.55. The lowest BCUT2D eigenvalue weighted by atomic mass is 10.3. The van der Waals surface area contributed by atoms with Gasteiger partial charge in [0.15, 0.2) is 0 Å². The summed E-state index contributed by atoms with van der Waals surface area (Å²) in [4.78, 5) is 11.3. The van der Waals surface area contributed by atoms with Crippen molar-refractivity contribution in [1.82, 2.24) is 0 Å². The highest BCUT2D eigenvalue weighted by Crippen LogP contribution is 2.17. The van der Waals surface area contributed by atoms with E-state index < -0.39 is 0 Å². The summed E-state index contributed by atoms with van der Waals surface area (Å²) in [6, 6.07) is 7.64. The number of amides is 1. The van der Waals surface area contributed by atoms with E-state index in [1.807, 2.05) is 24.3 Å². The first-order chi connectivity index (χ1) is 6.11. The number of carbonyl (C=O) groups is 1. The predicted molar refractivity (Wildman–Crippen MR) is 66.2 cm³/mol. The number of nitrogens with one attached hydrogen (secondary N) is 1. The van der Waals surface area contributed by atoms with Gasteiger partial charge in [0, 0.05) is 3.57 Å². The normalized spacial score (nSPS) is 12.2. The van der Waals surface area contributed by atoms with Gasteiger partial charge in [-0.2, -0.15) is 12.6 Å². The summed E-state index contributed by atoms with van der Waals surface area (Å²) >= 11 is 6.22. The monoisotopic (exact) mass is 307 g/mol. The molecule has 1 atom stereocenters. The fraction of sp³-hybridized carbons (Fsp3) is 0.222. The average molecular weight is 307 g/mol. The van der Waals surface area contributed by atoms with Gasteiger partial charge in [0.1, 0.15) is 0 Å². The van der Waals surface area contributed by atoms with Crippen molar-refractivity contribution in [1.29, 1.82) is 0 Å². The minimum atomic E-state index is -0.281. The van der Waals surface area contributed by atoms with E-state index >= 15 is 0 Å². The number of thiol groups is 1. The van der Waals surface area contributed by atoms with Crippen LogP contribution >= 0.6 is 35.2 Å². The molecule has 4 heteroatoms. The van der Waals surface area contributed by atoms with Crippen LogP contribution in [0.2, 0.25) is 0 Å². The number of hydrogen-bond acceptors (Lipinski definition) is 2. The lowest BCUT2D eigenvalue weighted by Gasteiger charge is -2.08. The standard InChI is InChI=1S/C9H10INOS/c1-6(13)9(12)11-8-5-3-2-4-7(8)10/h2-6,13H,1H3,(H,11,12). The van der Waals surface area contributed by atoms with E-state index in [9.17, 15) is 4.79 Å². The molecule has 0 aliphatic rings. The Labute approximate surface area is 96.7 Å². The van der Waals surface area contributed by atoms with E-state index in [-0.39, 0.29) is 11.2 Å². The van der Waals surface area contributed by atoms with Crippen LogP contribution < -0.4 is 5.32 Å². The maximum absolute atomic E-state index is 11.3. The van der Waals surface area contributed by atoms with Gasteiger partial charge in [-0.15, -0.1) is 0 Å². The molecular weight excluding hydrogens is 297 g/mol.